The minimum absolute atomic E-state index is 0.664. The zero-order chi connectivity index (χ0) is 14.2. The van der Waals surface area contributed by atoms with Crippen LogP contribution < -0.4 is 10.5 Å². The second kappa shape index (κ2) is 15.6. The van der Waals surface area contributed by atoms with Crippen molar-refractivity contribution in [3.63, 3.8) is 0 Å². The smallest absolute Gasteiger partial charge is 0.119 e. The van der Waals surface area contributed by atoms with Gasteiger partial charge < -0.3 is 15.3 Å². The number of benzene rings is 1. The van der Waals surface area contributed by atoms with Gasteiger partial charge in [-0.3, -0.25) is 0 Å². The molecule has 0 unspecified atom stereocenters. The lowest BCUT2D eigenvalue weighted by molar-refractivity contribution is -0.107. The van der Waals surface area contributed by atoms with Crippen LogP contribution in [-0.4, -0.2) is 19.9 Å². The number of hydrogen-bond donors (Lipinski definition) is 1. The third kappa shape index (κ3) is 12.7. The van der Waals surface area contributed by atoms with Crippen LogP contribution >= 0.6 is 0 Å². The van der Waals surface area contributed by atoms with Gasteiger partial charge in [-0.05, 0) is 44.0 Å². The van der Waals surface area contributed by atoms with E-state index < -0.39 is 0 Å². The minimum atomic E-state index is 0.664. The molecular weight excluding hydrogens is 226 g/mol. The fraction of sp³-hybridized carbons (Fsp3) is 0.533. The lowest BCUT2D eigenvalue weighted by Gasteiger charge is -1.97. The SMILES string of the molecule is CC.COc1cccc(C)c1.NCCCCC=O. The van der Waals surface area contributed by atoms with Crippen molar-refractivity contribution >= 4 is 6.29 Å². The number of rotatable bonds is 5. The molecule has 0 heterocycles. The van der Waals surface area contributed by atoms with Crippen LogP contribution in [0.5, 0.6) is 5.75 Å². The summed E-state index contributed by atoms with van der Waals surface area (Å²) in [6.45, 7) is 6.75. The maximum Gasteiger partial charge on any atom is 0.119 e. The van der Waals surface area contributed by atoms with E-state index in [1.165, 1.54) is 5.56 Å². The van der Waals surface area contributed by atoms with Gasteiger partial charge in [0.1, 0.15) is 12.0 Å². The summed E-state index contributed by atoms with van der Waals surface area (Å²) in [5.41, 5.74) is 6.38. The Balaban J connectivity index is 0. The summed E-state index contributed by atoms with van der Waals surface area (Å²) in [6.07, 6.45) is 3.51. The van der Waals surface area contributed by atoms with Crippen molar-refractivity contribution in [3.8, 4) is 5.75 Å². The zero-order valence-electron chi connectivity index (χ0n) is 12.1. The van der Waals surface area contributed by atoms with Crippen LogP contribution in [0.2, 0.25) is 0 Å². The monoisotopic (exact) mass is 253 g/mol. The highest BCUT2D eigenvalue weighted by atomic mass is 16.5. The van der Waals surface area contributed by atoms with E-state index in [4.69, 9.17) is 10.5 Å². The minimum Gasteiger partial charge on any atom is -0.497 e. The average molecular weight is 253 g/mol. The number of hydrogen-bond acceptors (Lipinski definition) is 3. The number of ether oxygens (including phenoxy) is 1. The van der Waals surface area contributed by atoms with Gasteiger partial charge in [0.15, 0.2) is 0 Å². The molecular formula is C15H27NO2. The maximum atomic E-state index is 9.64. The molecule has 0 radical (unpaired) electrons. The van der Waals surface area contributed by atoms with Crippen LogP contribution in [0.25, 0.3) is 0 Å². The molecule has 0 amide bonds. The lowest BCUT2D eigenvalue weighted by atomic mass is 10.2. The predicted octanol–water partition coefficient (Wildman–Crippen LogP) is 3.34. The molecule has 0 fully saturated rings. The highest BCUT2D eigenvalue weighted by Gasteiger charge is 1.86. The number of aryl methyl sites for hydroxylation is 1. The topological polar surface area (TPSA) is 52.3 Å². The Kier molecular flexibility index (Phi) is 16.5. The van der Waals surface area contributed by atoms with Crippen LogP contribution in [-0.2, 0) is 4.79 Å². The molecule has 0 atom stereocenters. The average Bonchev–Trinajstić information content (AvgIpc) is 2.42. The fourth-order valence-electron chi connectivity index (χ4n) is 1.11. The van der Waals surface area contributed by atoms with Gasteiger partial charge in [0.05, 0.1) is 7.11 Å². The first-order valence-corrected chi connectivity index (χ1v) is 6.49. The maximum absolute atomic E-state index is 9.64. The van der Waals surface area contributed by atoms with Crippen molar-refractivity contribution in [2.45, 2.75) is 40.0 Å². The number of nitrogens with two attached hydrogens (primary N) is 1. The second-order valence-corrected chi connectivity index (χ2v) is 3.47. The molecule has 0 aliphatic heterocycles. The number of carbonyl (C=O) groups is 1. The van der Waals surface area contributed by atoms with E-state index >= 15 is 0 Å². The summed E-state index contributed by atoms with van der Waals surface area (Å²) >= 11 is 0. The van der Waals surface area contributed by atoms with E-state index in [0.717, 1.165) is 24.9 Å². The van der Waals surface area contributed by atoms with Gasteiger partial charge >= 0.3 is 0 Å². The number of methoxy groups -OCH3 is 1. The van der Waals surface area contributed by atoms with E-state index in [2.05, 4.69) is 0 Å². The molecule has 0 aromatic heterocycles. The number of unbranched alkanes of at least 4 members (excludes halogenated alkanes) is 2. The van der Waals surface area contributed by atoms with Gasteiger partial charge in [-0.25, -0.2) is 0 Å². The van der Waals surface area contributed by atoms with Gasteiger partial charge in [0.2, 0.25) is 0 Å². The first-order chi connectivity index (χ1) is 8.74. The lowest BCUT2D eigenvalue weighted by Crippen LogP contribution is -1.97. The van der Waals surface area contributed by atoms with Gasteiger partial charge in [-0.15, -0.1) is 0 Å². The summed E-state index contributed by atoms with van der Waals surface area (Å²) < 4.78 is 5.00. The summed E-state index contributed by atoms with van der Waals surface area (Å²) in [5, 5.41) is 0. The van der Waals surface area contributed by atoms with Crippen molar-refractivity contribution in [1.82, 2.24) is 0 Å². The Hall–Kier alpha value is -1.35. The fourth-order valence-corrected chi connectivity index (χ4v) is 1.11. The molecule has 1 aromatic rings. The zero-order valence-corrected chi connectivity index (χ0v) is 12.1. The molecule has 104 valence electrons. The van der Waals surface area contributed by atoms with E-state index in [0.29, 0.717) is 13.0 Å². The molecule has 0 spiro atoms. The third-order valence-corrected chi connectivity index (χ3v) is 2.00. The normalized spacial score (nSPS) is 8.28. The van der Waals surface area contributed by atoms with Gasteiger partial charge in [0, 0.05) is 6.42 Å². The molecule has 1 aromatic carbocycles. The molecule has 0 saturated carbocycles. The molecule has 1 rings (SSSR count). The molecule has 0 aliphatic carbocycles. The molecule has 0 saturated heterocycles. The standard InChI is InChI=1S/C8H10O.C5H11NO.C2H6/c1-7-4-3-5-8(6-7)9-2;6-4-2-1-3-5-7;1-2/h3-6H,1-2H3;5H,1-4,6H2;1-2H3. The second-order valence-electron chi connectivity index (χ2n) is 3.47. The van der Waals surface area contributed by atoms with Gasteiger partial charge in [-0.2, -0.15) is 0 Å². The van der Waals surface area contributed by atoms with E-state index in [1.807, 2.05) is 45.0 Å². The highest BCUT2D eigenvalue weighted by molar-refractivity contribution is 5.48. The Morgan fingerprint density at radius 3 is 2.33 bits per heavy atom. The molecule has 18 heavy (non-hydrogen) atoms. The Labute approximate surface area is 111 Å². The summed E-state index contributed by atoms with van der Waals surface area (Å²) in [7, 11) is 1.68. The summed E-state index contributed by atoms with van der Waals surface area (Å²) in [6, 6.07) is 7.96. The predicted molar refractivity (Wildman–Crippen MR) is 78.0 cm³/mol. The van der Waals surface area contributed by atoms with Crippen molar-refractivity contribution in [1.29, 1.82) is 0 Å². The molecule has 3 nitrogen and oxygen atoms in total. The van der Waals surface area contributed by atoms with Crippen molar-refractivity contribution in [3.05, 3.63) is 29.8 Å². The quantitative estimate of drug-likeness (QED) is 0.646. The molecule has 0 aliphatic rings. The Morgan fingerprint density at radius 2 is 1.94 bits per heavy atom. The Bertz CT molecular complexity index is 288. The van der Waals surface area contributed by atoms with Crippen LogP contribution in [0.4, 0.5) is 0 Å². The van der Waals surface area contributed by atoms with E-state index in [-0.39, 0.29) is 0 Å². The molecule has 2 N–H and O–H groups in total. The number of carbonyl (C=O) groups excluding carboxylic acids is 1. The summed E-state index contributed by atoms with van der Waals surface area (Å²) in [5.74, 6) is 0.926. The van der Waals surface area contributed by atoms with E-state index in [9.17, 15) is 4.79 Å². The largest absolute Gasteiger partial charge is 0.497 e. The van der Waals surface area contributed by atoms with Crippen molar-refractivity contribution < 1.29 is 9.53 Å². The first-order valence-electron chi connectivity index (χ1n) is 6.49. The highest BCUT2D eigenvalue weighted by Crippen LogP contribution is 2.10. The summed E-state index contributed by atoms with van der Waals surface area (Å²) in [4.78, 5) is 9.64. The van der Waals surface area contributed by atoms with Gasteiger partial charge in [0.25, 0.3) is 0 Å². The van der Waals surface area contributed by atoms with Crippen LogP contribution in [0, 0.1) is 6.92 Å². The first kappa shape index (κ1) is 19.0. The van der Waals surface area contributed by atoms with Crippen LogP contribution in [0.3, 0.4) is 0 Å². The van der Waals surface area contributed by atoms with Crippen LogP contribution in [0.15, 0.2) is 24.3 Å². The third-order valence-electron chi connectivity index (χ3n) is 2.00. The number of aldehydes is 1. The van der Waals surface area contributed by atoms with Crippen LogP contribution in [0.1, 0.15) is 38.7 Å². The van der Waals surface area contributed by atoms with Gasteiger partial charge in [-0.1, -0.05) is 26.0 Å². The Morgan fingerprint density at radius 1 is 1.28 bits per heavy atom. The molecule has 0 bridgehead atoms. The molecule has 3 heteroatoms. The van der Waals surface area contributed by atoms with E-state index in [1.54, 1.807) is 7.11 Å². The van der Waals surface area contributed by atoms with Crippen molar-refractivity contribution in [2.24, 2.45) is 5.73 Å². The van der Waals surface area contributed by atoms with Crippen molar-refractivity contribution in [2.75, 3.05) is 13.7 Å².